The van der Waals surface area contributed by atoms with Gasteiger partial charge in [0.1, 0.15) is 23.4 Å². The molecule has 0 aliphatic carbocycles. The molecule has 4 rings (SSSR count). The molecule has 3 N–H and O–H groups in total. The van der Waals surface area contributed by atoms with Gasteiger partial charge in [0.05, 0.1) is 39.5 Å². The number of carbonyl (C=O) groups is 5. The quantitative estimate of drug-likeness (QED) is 0.234. The monoisotopic (exact) mass is 601 g/mol. The minimum atomic E-state index is -1.07. The van der Waals surface area contributed by atoms with Gasteiger partial charge in [0.15, 0.2) is 5.78 Å². The zero-order chi connectivity index (χ0) is 31.1. The molecule has 0 bridgehead atoms. The Morgan fingerprint density at radius 2 is 1.67 bits per heavy atom. The van der Waals surface area contributed by atoms with Crippen molar-refractivity contribution in [3.8, 4) is 5.75 Å². The molecule has 1 aromatic carbocycles. The van der Waals surface area contributed by atoms with Crippen molar-refractivity contribution in [1.29, 1.82) is 0 Å². The number of morpholine rings is 1. The lowest BCUT2D eigenvalue weighted by molar-refractivity contribution is -0.135. The normalized spacial score (nSPS) is 24.0. The van der Waals surface area contributed by atoms with E-state index in [0.29, 0.717) is 45.0 Å². The number of hydrogen-bond acceptors (Lipinski definition) is 9. The average molecular weight is 602 g/mol. The number of carbonyl (C=O) groups excluding carboxylic acids is 5. The molecule has 3 heterocycles. The molecule has 13 heteroatoms. The van der Waals surface area contributed by atoms with Crippen molar-refractivity contribution in [1.82, 2.24) is 25.8 Å². The van der Waals surface area contributed by atoms with Crippen LogP contribution in [0.4, 0.5) is 0 Å². The van der Waals surface area contributed by atoms with Gasteiger partial charge in [-0.1, -0.05) is 12.1 Å². The molecule has 0 radical (unpaired) electrons. The molecular formula is C30H43N5O8. The van der Waals surface area contributed by atoms with Gasteiger partial charge < -0.3 is 35.1 Å². The molecule has 1 aromatic rings. The van der Waals surface area contributed by atoms with Crippen molar-refractivity contribution in [3.05, 3.63) is 29.8 Å². The fourth-order valence-electron chi connectivity index (χ4n) is 5.34. The highest BCUT2D eigenvalue weighted by atomic mass is 16.6. The topological polar surface area (TPSA) is 159 Å². The molecule has 5 atom stereocenters. The number of rotatable bonds is 14. The predicted octanol–water partition coefficient (Wildman–Crippen LogP) is -0.729. The highest BCUT2D eigenvalue weighted by Crippen LogP contribution is 2.31. The average Bonchev–Trinajstić information content (AvgIpc) is 3.68. The Balaban J connectivity index is 1.46. The Labute approximate surface area is 251 Å². The second kappa shape index (κ2) is 14.3. The van der Waals surface area contributed by atoms with Crippen LogP contribution in [0, 0.1) is 5.92 Å². The van der Waals surface area contributed by atoms with E-state index in [1.54, 1.807) is 57.2 Å². The first-order chi connectivity index (χ1) is 20.5. The van der Waals surface area contributed by atoms with Gasteiger partial charge >= 0.3 is 0 Å². The highest BCUT2D eigenvalue weighted by Gasteiger charge is 2.51. The summed E-state index contributed by atoms with van der Waals surface area (Å²) in [5.41, 5.74) is -0.266. The number of Topliss-reactive ketones (excluding diaryl/α,β-unsaturated/α-hetero) is 1. The smallest absolute Gasteiger partial charge is 0.243 e. The molecule has 0 saturated carbocycles. The molecule has 0 spiro atoms. The molecule has 43 heavy (non-hydrogen) atoms. The number of hydrogen-bond donors (Lipinski definition) is 3. The molecular weight excluding hydrogens is 558 g/mol. The molecule has 3 aliphatic rings. The summed E-state index contributed by atoms with van der Waals surface area (Å²) in [5.74, 6) is -1.57. The van der Waals surface area contributed by atoms with E-state index in [1.807, 2.05) is 4.90 Å². The Kier molecular flexibility index (Phi) is 10.7. The molecule has 236 valence electrons. The summed E-state index contributed by atoms with van der Waals surface area (Å²) < 4.78 is 15.9. The van der Waals surface area contributed by atoms with Crippen LogP contribution < -0.4 is 20.7 Å². The largest absolute Gasteiger partial charge is 0.497 e. The van der Waals surface area contributed by atoms with Crippen LogP contribution in [0.2, 0.25) is 0 Å². The highest BCUT2D eigenvalue weighted by molar-refractivity contribution is 5.99. The van der Waals surface area contributed by atoms with Gasteiger partial charge in [-0.15, -0.1) is 0 Å². The summed E-state index contributed by atoms with van der Waals surface area (Å²) in [6.07, 6.45) is 0.847. The first kappa shape index (κ1) is 32.4. The number of nitrogens with zero attached hydrogens (tertiary/aromatic N) is 2. The number of ether oxygens (including phenoxy) is 3. The molecule has 0 aromatic heterocycles. The fraction of sp³-hybridized carbons (Fsp3) is 0.633. The number of likely N-dealkylation sites (tertiary alicyclic amines) is 1. The second-order valence-corrected chi connectivity index (χ2v) is 11.7. The maximum absolute atomic E-state index is 13.8. The lowest BCUT2D eigenvalue weighted by Gasteiger charge is -2.27. The second-order valence-electron chi connectivity index (χ2n) is 11.7. The summed E-state index contributed by atoms with van der Waals surface area (Å²) >= 11 is 0. The lowest BCUT2D eigenvalue weighted by atomic mass is 9.90. The van der Waals surface area contributed by atoms with Crippen LogP contribution in [0.25, 0.3) is 0 Å². The Bertz CT molecular complexity index is 1180. The number of amides is 4. The summed E-state index contributed by atoms with van der Waals surface area (Å²) in [5, 5.41) is 8.29. The van der Waals surface area contributed by atoms with Crippen LogP contribution in [0.3, 0.4) is 0 Å². The van der Waals surface area contributed by atoms with Gasteiger partial charge in [0.25, 0.3) is 0 Å². The lowest BCUT2D eigenvalue weighted by Crippen LogP contribution is -2.57. The van der Waals surface area contributed by atoms with Crippen LogP contribution in [-0.4, -0.2) is 123 Å². The number of nitrogens with one attached hydrogen (secondary N) is 3. The molecule has 3 saturated heterocycles. The van der Waals surface area contributed by atoms with Crippen molar-refractivity contribution in [3.63, 3.8) is 0 Å². The Morgan fingerprint density at radius 3 is 2.26 bits per heavy atom. The minimum absolute atomic E-state index is 0.0707. The van der Waals surface area contributed by atoms with Crippen molar-refractivity contribution in [2.45, 2.75) is 56.8 Å². The Hall–Kier alpha value is -3.55. The fourth-order valence-corrected chi connectivity index (χ4v) is 5.34. The van der Waals surface area contributed by atoms with E-state index < -0.39 is 41.5 Å². The van der Waals surface area contributed by atoms with Crippen molar-refractivity contribution in [2.75, 3.05) is 60.2 Å². The zero-order valence-electron chi connectivity index (χ0n) is 25.4. The van der Waals surface area contributed by atoms with Crippen molar-refractivity contribution < 1.29 is 38.2 Å². The van der Waals surface area contributed by atoms with E-state index in [2.05, 4.69) is 16.0 Å². The third-order valence-electron chi connectivity index (χ3n) is 8.26. The van der Waals surface area contributed by atoms with Gasteiger partial charge in [0, 0.05) is 39.0 Å². The number of epoxide rings is 1. The van der Waals surface area contributed by atoms with E-state index >= 15 is 0 Å². The molecule has 3 aliphatic heterocycles. The summed E-state index contributed by atoms with van der Waals surface area (Å²) in [6, 6.07) is 4.12. The van der Waals surface area contributed by atoms with Crippen LogP contribution in [0.5, 0.6) is 5.75 Å². The molecule has 3 fully saturated rings. The minimum Gasteiger partial charge on any atom is -0.497 e. The van der Waals surface area contributed by atoms with Gasteiger partial charge in [-0.2, -0.15) is 0 Å². The van der Waals surface area contributed by atoms with Gasteiger partial charge in [0.2, 0.25) is 23.6 Å². The summed E-state index contributed by atoms with van der Waals surface area (Å²) in [7, 11) is 3.26. The van der Waals surface area contributed by atoms with E-state index in [-0.39, 0.29) is 43.6 Å². The number of ketones is 1. The first-order valence-corrected chi connectivity index (χ1v) is 14.8. The van der Waals surface area contributed by atoms with E-state index in [1.165, 1.54) is 0 Å². The van der Waals surface area contributed by atoms with Gasteiger partial charge in [-0.05, 0) is 44.4 Å². The molecule has 13 nitrogen and oxygen atoms in total. The van der Waals surface area contributed by atoms with Crippen LogP contribution in [0.1, 0.15) is 32.3 Å². The van der Waals surface area contributed by atoms with Crippen LogP contribution in [0.15, 0.2) is 24.3 Å². The number of benzene rings is 1. The van der Waals surface area contributed by atoms with Gasteiger partial charge in [-0.3, -0.25) is 28.9 Å². The standard InChI is InChI=1S/C30H43N5O8/c1-19(31-25(36)17-35-11-13-42-14-12-35)27(38)33-24(15-20-5-7-22(41-4)8-6-20)28(39)32-23(26(37)30(2)18-43-30)16-21-9-10-34(3)29(21)40/h5-8,19,21,23-24H,9-18H2,1-4H3,(H,31,36)(H,32,39)(H,33,38)/t19-,21-,23+,24+,30-/m1/s1. The third kappa shape index (κ3) is 8.74. The molecule has 4 amide bonds. The SMILES string of the molecule is COc1ccc(C[C@H](NC(=O)[C@@H](C)NC(=O)CN2CCOCC2)C(=O)N[C@@H](C[C@H]2CCN(C)C2=O)C(=O)[C@@]2(C)CO2)cc1. The maximum Gasteiger partial charge on any atom is 0.243 e. The number of methoxy groups -OCH3 is 1. The van der Waals surface area contributed by atoms with Gasteiger partial charge in [-0.25, -0.2) is 0 Å². The van der Waals surface area contributed by atoms with Crippen molar-refractivity contribution in [2.24, 2.45) is 5.92 Å². The molecule has 0 unspecified atom stereocenters. The third-order valence-corrected chi connectivity index (χ3v) is 8.26. The van der Waals surface area contributed by atoms with E-state index in [0.717, 1.165) is 5.56 Å². The maximum atomic E-state index is 13.8. The van der Waals surface area contributed by atoms with E-state index in [9.17, 15) is 24.0 Å². The zero-order valence-corrected chi connectivity index (χ0v) is 25.4. The summed E-state index contributed by atoms with van der Waals surface area (Å²) in [4.78, 5) is 69.1. The summed E-state index contributed by atoms with van der Waals surface area (Å²) in [6.45, 7) is 6.52. The Morgan fingerprint density at radius 1 is 1.02 bits per heavy atom. The van der Waals surface area contributed by atoms with Crippen LogP contribution in [-0.2, 0) is 39.9 Å². The first-order valence-electron chi connectivity index (χ1n) is 14.8. The van der Waals surface area contributed by atoms with Crippen LogP contribution >= 0.6 is 0 Å². The van der Waals surface area contributed by atoms with Crippen molar-refractivity contribution >= 4 is 29.4 Å². The predicted molar refractivity (Wildman–Crippen MR) is 155 cm³/mol. The van der Waals surface area contributed by atoms with E-state index in [4.69, 9.17) is 14.2 Å².